The summed E-state index contributed by atoms with van der Waals surface area (Å²) in [4.78, 5) is 0. The second-order valence-corrected chi connectivity index (χ2v) is 6.89. The van der Waals surface area contributed by atoms with E-state index in [1.165, 1.54) is 12.1 Å². The quantitative estimate of drug-likeness (QED) is 0.696. The van der Waals surface area contributed by atoms with Crippen molar-refractivity contribution in [2.45, 2.75) is 51.2 Å². The Morgan fingerprint density at radius 3 is 2.54 bits per heavy atom. The van der Waals surface area contributed by atoms with Gasteiger partial charge in [0.1, 0.15) is 11.3 Å². The lowest BCUT2D eigenvalue weighted by Gasteiger charge is -2.31. The number of unbranched alkanes of at least 4 members (excludes halogenated alkanes) is 1. The molecule has 0 radical (unpaired) electrons. The molecule has 5 heteroatoms. The number of halogens is 3. The van der Waals surface area contributed by atoms with Crippen LogP contribution in [-0.4, -0.2) is 0 Å². The van der Waals surface area contributed by atoms with Crippen LogP contribution in [0.3, 0.4) is 0 Å². The summed E-state index contributed by atoms with van der Waals surface area (Å²) in [6.45, 7) is 4.11. The van der Waals surface area contributed by atoms with Gasteiger partial charge in [0.2, 0.25) is 0 Å². The number of rotatable bonds is 5. The van der Waals surface area contributed by atoms with Crippen LogP contribution in [0.2, 0.25) is 0 Å². The van der Waals surface area contributed by atoms with Gasteiger partial charge in [0.15, 0.2) is 0 Å². The molecule has 2 N–H and O–H groups in total. The van der Waals surface area contributed by atoms with Crippen LogP contribution in [0, 0.1) is 5.92 Å². The molecular weight excluding hydrogens is 339 g/mol. The lowest BCUT2D eigenvalue weighted by molar-refractivity contribution is -0.137. The molecule has 0 aliphatic heterocycles. The molecule has 1 aromatic heterocycles. The summed E-state index contributed by atoms with van der Waals surface area (Å²) >= 11 is 0. The Morgan fingerprint density at radius 1 is 1.19 bits per heavy atom. The van der Waals surface area contributed by atoms with Crippen LogP contribution in [0.25, 0.3) is 5.57 Å². The number of nitrogens with two attached hydrogens (primary N) is 1. The van der Waals surface area contributed by atoms with E-state index >= 15 is 0 Å². The second kappa shape index (κ2) is 6.95. The van der Waals surface area contributed by atoms with Crippen LogP contribution < -0.4 is 5.73 Å². The fraction of sp³-hybridized carbons (Fsp3) is 0.429. The molecule has 0 unspecified atom stereocenters. The van der Waals surface area contributed by atoms with Gasteiger partial charge in [0.05, 0.1) is 11.8 Å². The van der Waals surface area contributed by atoms with Crippen molar-refractivity contribution in [3.05, 3.63) is 65.1 Å². The van der Waals surface area contributed by atoms with Gasteiger partial charge in [-0.2, -0.15) is 13.2 Å². The maximum Gasteiger partial charge on any atom is 0.416 e. The third-order valence-corrected chi connectivity index (χ3v) is 5.19. The molecule has 0 spiro atoms. The Bertz CT molecular complexity index is 792. The van der Waals surface area contributed by atoms with E-state index in [9.17, 15) is 13.2 Å². The van der Waals surface area contributed by atoms with Gasteiger partial charge >= 0.3 is 6.18 Å². The molecule has 0 saturated heterocycles. The minimum Gasteiger partial charge on any atom is -0.467 e. The van der Waals surface area contributed by atoms with Crippen LogP contribution in [0.15, 0.2) is 47.1 Å². The first kappa shape index (κ1) is 18.8. The predicted molar refractivity (Wildman–Crippen MR) is 96.4 cm³/mol. The van der Waals surface area contributed by atoms with Crippen LogP contribution in [0.1, 0.15) is 62.0 Å². The molecule has 0 saturated carbocycles. The Balaban J connectivity index is 2.25. The van der Waals surface area contributed by atoms with Crippen molar-refractivity contribution in [2.24, 2.45) is 11.7 Å². The first-order chi connectivity index (χ1) is 12.3. The largest absolute Gasteiger partial charge is 0.467 e. The van der Waals surface area contributed by atoms with E-state index in [1.54, 1.807) is 12.3 Å². The molecule has 0 fully saturated rings. The second-order valence-electron chi connectivity index (χ2n) is 6.89. The van der Waals surface area contributed by atoms with Crippen molar-refractivity contribution in [1.29, 1.82) is 0 Å². The van der Waals surface area contributed by atoms with Gasteiger partial charge in [-0.15, -0.1) is 0 Å². The highest BCUT2D eigenvalue weighted by Gasteiger charge is 2.50. The molecule has 0 amide bonds. The van der Waals surface area contributed by atoms with E-state index in [0.717, 1.165) is 37.3 Å². The average molecular weight is 363 g/mol. The van der Waals surface area contributed by atoms with E-state index in [0.29, 0.717) is 16.9 Å². The van der Waals surface area contributed by atoms with E-state index in [2.05, 4.69) is 19.9 Å². The summed E-state index contributed by atoms with van der Waals surface area (Å²) < 4.78 is 45.5. The predicted octanol–water partition coefficient (Wildman–Crippen LogP) is 6.11. The fourth-order valence-electron chi connectivity index (χ4n) is 3.98. The summed E-state index contributed by atoms with van der Waals surface area (Å²) in [6.07, 6.45) is 2.63. The lowest BCUT2D eigenvalue weighted by Crippen LogP contribution is -2.42. The Morgan fingerprint density at radius 2 is 1.96 bits per heavy atom. The number of furan rings is 1. The van der Waals surface area contributed by atoms with Crippen LogP contribution in [0.4, 0.5) is 13.2 Å². The van der Waals surface area contributed by atoms with Crippen LogP contribution in [-0.2, 0) is 11.7 Å². The molecule has 1 aliphatic carbocycles. The minimum absolute atomic E-state index is 0.108. The van der Waals surface area contributed by atoms with Crippen molar-refractivity contribution in [1.82, 2.24) is 0 Å². The molecule has 1 aromatic carbocycles. The number of benzene rings is 1. The zero-order valence-corrected chi connectivity index (χ0v) is 15.1. The first-order valence-corrected chi connectivity index (χ1v) is 9.09. The maximum atomic E-state index is 13.3. The molecule has 3 rings (SSSR count). The van der Waals surface area contributed by atoms with Crippen molar-refractivity contribution >= 4 is 5.57 Å². The molecule has 140 valence electrons. The summed E-state index contributed by atoms with van der Waals surface area (Å²) in [5, 5.41) is 0. The van der Waals surface area contributed by atoms with Gasteiger partial charge < -0.3 is 10.2 Å². The highest BCUT2D eigenvalue weighted by atomic mass is 19.4. The molecule has 1 heterocycles. The van der Waals surface area contributed by atoms with Crippen molar-refractivity contribution < 1.29 is 17.6 Å². The fourth-order valence-corrected chi connectivity index (χ4v) is 3.98. The normalized spacial score (nSPS) is 24.2. The Kier molecular flexibility index (Phi) is 5.02. The van der Waals surface area contributed by atoms with Crippen molar-refractivity contribution in [2.75, 3.05) is 0 Å². The molecule has 2 nitrogen and oxygen atoms in total. The van der Waals surface area contributed by atoms with Crippen molar-refractivity contribution in [3.63, 3.8) is 0 Å². The highest BCUT2D eigenvalue weighted by Crippen LogP contribution is 2.53. The lowest BCUT2D eigenvalue weighted by atomic mass is 9.78. The molecule has 1 aliphatic rings. The number of hydrogen-bond donors (Lipinski definition) is 1. The summed E-state index contributed by atoms with van der Waals surface area (Å²) in [7, 11) is 0. The Hall–Kier alpha value is -2.01. The third kappa shape index (κ3) is 2.98. The van der Waals surface area contributed by atoms with E-state index in [-0.39, 0.29) is 5.92 Å². The smallest absolute Gasteiger partial charge is 0.416 e. The van der Waals surface area contributed by atoms with Gasteiger partial charge in [0, 0.05) is 5.92 Å². The average Bonchev–Trinajstić information content (AvgIpc) is 3.21. The van der Waals surface area contributed by atoms with Gasteiger partial charge in [0.25, 0.3) is 0 Å². The minimum atomic E-state index is -4.38. The SMILES string of the molecule is CCC/C=C1/c2cc(C(F)(F)F)ccc2[C@@](N)(c2ccco2)[C@@H]1CCC. The van der Waals surface area contributed by atoms with Gasteiger partial charge in [-0.3, -0.25) is 0 Å². The third-order valence-electron chi connectivity index (χ3n) is 5.19. The van der Waals surface area contributed by atoms with Crippen LogP contribution in [0.5, 0.6) is 0 Å². The number of hydrogen-bond acceptors (Lipinski definition) is 2. The molecule has 0 bridgehead atoms. The van der Waals surface area contributed by atoms with Gasteiger partial charge in [-0.1, -0.05) is 38.8 Å². The topological polar surface area (TPSA) is 39.2 Å². The first-order valence-electron chi connectivity index (χ1n) is 9.09. The Labute approximate surface area is 151 Å². The zero-order valence-electron chi connectivity index (χ0n) is 15.1. The molecule has 2 aromatic rings. The summed E-state index contributed by atoms with van der Waals surface area (Å²) in [6, 6.07) is 7.47. The zero-order chi connectivity index (χ0) is 18.9. The number of alkyl halides is 3. The van der Waals surface area contributed by atoms with Crippen molar-refractivity contribution in [3.8, 4) is 0 Å². The molecular formula is C21H24F3NO. The molecule has 26 heavy (non-hydrogen) atoms. The highest BCUT2D eigenvalue weighted by molar-refractivity contribution is 5.79. The van der Waals surface area contributed by atoms with E-state index in [4.69, 9.17) is 10.2 Å². The van der Waals surface area contributed by atoms with Crippen LogP contribution >= 0.6 is 0 Å². The molecule has 2 atom stereocenters. The number of fused-ring (bicyclic) bond motifs is 1. The summed E-state index contributed by atoms with van der Waals surface area (Å²) in [5.41, 5.74) is 7.51. The van der Waals surface area contributed by atoms with Gasteiger partial charge in [-0.05, 0) is 53.8 Å². The monoisotopic (exact) mass is 363 g/mol. The van der Waals surface area contributed by atoms with E-state index in [1.807, 2.05) is 6.07 Å². The van der Waals surface area contributed by atoms with Gasteiger partial charge in [-0.25, -0.2) is 0 Å². The maximum absolute atomic E-state index is 13.3. The van der Waals surface area contributed by atoms with E-state index < -0.39 is 17.3 Å². The summed E-state index contributed by atoms with van der Waals surface area (Å²) in [5.74, 6) is 0.487. The standard InChI is InChI=1S/C21H24F3NO/c1-3-5-8-15-16-13-14(21(22,23)24)10-11-18(16)20(25,17(15)7-4-2)19-9-6-12-26-19/h6,8-13,17H,3-5,7,25H2,1-2H3/b15-8-/t17-,20-/m1/s1. The number of allylic oxidation sites excluding steroid dienone is 1.